The van der Waals surface area contributed by atoms with Crippen molar-refractivity contribution in [1.29, 1.82) is 0 Å². The Morgan fingerprint density at radius 3 is 1.77 bits per heavy atom. The molecule has 0 aliphatic carbocycles. The van der Waals surface area contributed by atoms with Gasteiger partial charge < -0.3 is 9.47 Å². The van der Waals surface area contributed by atoms with Crippen LogP contribution in [0.3, 0.4) is 0 Å². The minimum atomic E-state index is -7.94. The van der Waals surface area contributed by atoms with Crippen LogP contribution in [-0.4, -0.2) is 78.4 Å². The van der Waals surface area contributed by atoms with Gasteiger partial charge in [-0.1, -0.05) is 63.3 Å². The van der Waals surface area contributed by atoms with Gasteiger partial charge in [0.2, 0.25) is 0 Å². The van der Waals surface area contributed by atoms with Crippen molar-refractivity contribution in [3.05, 3.63) is 42.2 Å². The van der Waals surface area contributed by atoms with E-state index in [1.807, 2.05) is 24.3 Å². The van der Waals surface area contributed by atoms with Crippen LogP contribution in [-0.2, 0) is 20.6 Å². The molecular formula is C31H34F16N2O4. The molecule has 0 aliphatic heterocycles. The summed E-state index contributed by atoms with van der Waals surface area (Å²) in [6, 6.07) is 7.42. The first-order chi connectivity index (χ1) is 24.3. The lowest BCUT2D eigenvalue weighted by molar-refractivity contribution is -0.543. The van der Waals surface area contributed by atoms with Gasteiger partial charge in [0.05, 0.1) is 25.6 Å². The predicted molar refractivity (Wildman–Crippen MR) is 153 cm³/mol. The van der Waals surface area contributed by atoms with E-state index < -0.39 is 61.8 Å². The average Bonchev–Trinajstić information content (AvgIpc) is 3.03. The van der Waals surface area contributed by atoms with Crippen LogP contribution in [0.25, 0.3) is 11.4 Å². The van der Waals surface area contributed by atoms with Crippen LogP contribution in [0, 0.1) is 0 Å². The van der Waals surface area contributed by atoms with Crippen molar-refractivity contribution >= 4 is 0 Å². The molecule has 1 aromatic carbocycles. The lowest BCUT2D eigenvalue weighted by atomic mass is 10.0. The third kappa shape index (κ3) is 13.0. The summed E-state index contributed by atoms with van der Waals surface area (Å²) in [5.74, 6) is -14.7. The van der Waals surface area contributed by atoms with E-state index in [2.05, 4.69) is 26.4 Å². The van der Waals surface area contributed by atoms with Crippen molar-refractivity contribution in [2.45, 2.75) is 113 Å². The van der Waals surface area contributed by atoms with Gasteiger partial charge >= 0.3 is 42.5 Å². The lowest BCUT2D eigenvalue weighted by Gasteiger charge is -2.36. The molecule has 1 aromatic heterocycles. The zero-order valence-corrected chi connectivity index (χ0v) is 27.6. The van der Waals surface area contributed by atoms with Crippen molar-refractivity contribution in [2.75, 3.05) is 19.8 Å². The molecule has 0 amide bonds. The van der Waals surface area contributed by atoms with E-state index in [4.69, 9.17) is 4.74 Å². The van der Waals surface area contributed by atoms with Gasteiger partial charge in [0, 0.05) is 5.56 Å². The third-order valence-corrected chi connectivity index (χ3v) is 7.15. The second-order valence-electron chi connectivity index (χ2n) is 11.6. The molecule has 0 unspecified atom stereocenters. The SMILES string of the molecule is CCCCCOc1cnc(-c2ccc(CCCCCC[C@H](F)COCC(F)(F)OC(F)(F)C(F)(F)OC(F)(F)C(F)(F)C(F)(F)C(F)(F)F)cc2)nc1. The van der Waals surface area contributed by atoms with Crippen LogP contribution in [0.15, 0.2) is 36.7 Å². The Hall–Kier alpha value is -3.14. The number of nitrogens with zero attached hydrogens (tertiary/aromatic N) is 2. The molecule has 0 spiro atoms. The standard InChI is InChI=1S/C31H34F16N2O4/c1-2-3-8-15-51-23-16-48-24(49-17-23)21-13-11-20(12-14-21)9-6-4-5-7-10-22(32)18-50-19-25(33,34)52-30(44,45)31(46,47)53-29(42,43)27(37,38)26(35,36)28(39,40)41/h11-14,16-17,22H,2-10,15,18-19H2,1H3/t22-/m0/s1. The maximum Gasteiger partial charge on any atom is 0.460 e. The highest BCUT2D eigenvalue weighted by molar-refractivity contribution is 5.55. The maximum absolute atomic E-state index is 14.0. The van der Waals surface area contributed by atoms with Gasteiger partial charge in [-0.3, -0.25) is 0 Å². The number of alkyl halides is 16. The van der Waals surface area contributed by atoms with Crippen LogP contribution in [0.4, 0.5) is 70.2 Å². The first kappa shape index (κ1) is 46.0. The number of aryl methyl sites for hydroxylation is 1. The zero-order chi connectivity index (χ0) is 40.4. The lowest BCUT2D eigenvalue weighted by Crippen LogP contribution is -2.64. The van der Waals surface area contributed by atoms with Gasteiger partial charge in [-0.05, 0) is 31.2 Å². The van der Waals surface area contributed by atoms with E-state index in [1.165, 1.54) is 0 Å². The van der Waals surface area contributed by atoms with Crippen molar-refractivity contribution in [3.63, 3.8) is 0 Å². The third-order valence-electron chi connectivity index (χ3n) is 7.15. The highest BCUT2D eigenvalue weighted by atomic mass is 19.4. The first-order valence-electron chi connectivity index (χ1n) is 15.8. The summed E-state index contributed by atoms with van der Waals surface area (Å²) in [4.78, 5) is 8.60. The number of rotatable bonds is 24. The number of halogens is 16. The first-order valence-corrected chi connectivity index (χ1v) is 15.8. The summed E-state index contributed by atoms with van der Waals surface area (Å²) in [5.41, 5.74) is 1.76. The van der Waals surface area contributed by atoms with E-state index in [0.717, 1.165) is 30.4 Å². The molecule has 2 rings (SSSR count). The Labute approximate surface area is 292 Å². The second-order valence-corrected chi connectivity index (χ2v) is 11.6. The summed E-state index contributed by atoms with van der Waals surface area (Å²) in [5, 5.41) is 0. The van der Waals surface area contributed by atoms with Gasteiger partial charge in [-0.25, -0.2) is 23.8 Å². The van der Waals surface area contributed by atoms with Crippen molar-refractivity contribution < 1.29 is 89.2 Å². The van der Waals surface area contributed by atoms with Crippen LogP contribution in [0.1, 0.15) is 63.9 Å². The molecule has 2 aromatic rings. The molecule has 0 radical (unpaired) electrons. The van der Waals surface area contributed by atoms with Crippen LogP contribution in [0.2, 0.25) is 0 Å². The Bertz CT molecular complexity index is 1380. The fourth-order valence-electron chi connectivity index (χ4n) is 4.26. The van der Waals surface area contributed by atoms with E-state index in [1.54, 1.807) is 17.1 Å². The molecule has 53 heavy (non-hydrogen) atoms. The predicted octanol–water partition coefficient (Wildman–Crippen LogP) is 10.8. The van der Waals surface area contributed by atoms with Gasteiger partial charge in [0.15, 0.2) is 11.6 Å². The number of aromatic nitrogens is 2. The molecule has 0 saturated carbocycles. The van der Waals surface area contributed by atoms with Gasteiger partial charge in [-0.15, -0.1) is 0 Å². The monoisotopic (exact) mass is 802 g/mol. The minimum Gasteiger partial charge on any atom is -0.490 e. The van der Waals surface area contributed by atoms with Crippen LogP contribution in [0.5, 0.6) is 5.75 Å². The smallest absolute Gasteiger partial charge is 0.460 e. The number of benzene rings is 1. The Kier molecular flexibility index (Phi) is 16.0. The molecule has 304 valence electrons. The molecule has 0 N–H and O–H groups in total. The average molecular weight is 803 g/mol. The summed E-state index contributed by atoms with van der Waals surface area (Å²) in [7, 11) is 0. The Balaban J connectivity index is 1.73. The van der Waals surface area contributed by atoms with Crippen LogP contribution >= 0.6 is 0 Å². The number of hydrogen-bond donors (Lipinski definition) is 0. The summed E-state index contributed by atoms with van der Waals surface area (Å²) in [6.45, 7) is -1.03. The van der Waals surface area contributed by atoms with Gasteiger partial charge in [0.25, 0.3) is 0 Å². The van der Waals surface area contributed by atoms with E-state index in [9.17, 15) is 70.2 Å². The van der Waals surface area contributed by atoms with E-state index in [-0.39, 0.29) is 12.8 Å². The number of ether oxygens (including phenoxy) is 4. The largest absolute Gasteiger partial charge is 0.490 e. The van der Waals surface area contributed by atoms with E-state index >= 15 is 0 Å². The van der Waals surface area contributed by atoms with Crippen molar-refractivity contribution in [3.8, 4) is 17.1 Å². The van der Waals surface area contributed by atoms with E-state index in [0.29, 0.717) is 43.9 Å². The van der Waals surface area contributed by atoms with Gasteiger partial charge in [-0.2, -0.15) is 65.9 Å². The van der Waals surface area contributed by atoms with Gasteiger partial charge in [0.1, 0.15) is 12.8 Å². The highest BCUT2D eigenvalue weighted by Crippen LogP contribution is 2.56. The summed E-state index contributed by atoms with van der Waals surface area (Å²) < 4.78 is 223. The maximum atomic E-state index is 14.0. The molecular weight excluding hydrogens is 768 g/mol. The summed E-state index contributed by atoms with van der Waals surface area (Å²) in [6.07, 6.45) is -28.8. The topological polar surface area (TPSA) is 62.7 Å². The number of hydrogen-bond acceptors (Lipinski definition) is 6. The molecule has 1 atom stereocenters. The molecule has 22 heteroatoms. The highest BCUT2D eigenvalue weighted by Gasteiger charge is 2.85. The zero-order valence-electron chi connectivity index (χ0n) is 27.6. The minimum absolute atomic E-state index is 0.194. The fourth-order valence-corrected chi connectivity index (χ4v) is 4.26. The summed E-state index contributed by atoms with van der Waals surface area (Å²) >= 11 is 0. The van der Waals surface area contributed by atoms with Crippen molar-refractivity contribution in [1.82, 2.24) is 9.97 Å². The molecule has 6 nitrogen and oxygen atoms in total. The van der Waals surface area contributed by atoms with Crippen LogP contribution < -0.4 is 4.74 Å². The molecule has 0 aliphatic rings. The molecule has 0 fully saturated rings. The second kappa shape index (κ2) is 18.5. The normalized spacial score (nSPS) is 14.4. The number of unbranched alkanes of at least 4 members (excludes halogenated alkanes) is 5. The molecule has 0 bridgehead atoms. The quantitative estimate of drug-likeness (QED) is 0.0778. The Morgan fingerprint density at radius 1 is 0.642 bits per heavy atom. The molecule has 0 saturated heterocycles. The van der Waals surface area contributed by atoms with Crippen molar-refractivity contribution in [2.24, 2.45) is 0 Å². The Morgan fingerprint density at radius 2 is 1.21 bits per heavy atom. The fraction of sp³-hybridized carbons (Fsp3) is 0.677. The molecule has 1 heterocycles.